The molecule has 3 rings (SSSR count). The molecule has 2 fully saturated rings. The predicted molar refractivity (Wildman–Crippen MR) is 77.2 cm³/mol. The van der Waals surface area contributed by atoms with Crippen molar-refractivity contribution in [1.82, 2.24) is 5.32 Å². The number of carbonyl (C=O) groups excluding carboxylic acids is 1. The van der Waals surface area contributed by atoms with Gasteiger partial charge in [-0.1, -0.05) is 0 Å². The molecule has 1 N–H and O–H groups in total. The van der Waals surface area contributed by atoms with Gasteiger partial charge in [0.05, 0.1) is 13.2 Å². The van der Waals surface area contributed by atoms with Gasteiger partial charge in [-0.15, -0.1) is 0 Å². The Kier molecular flexibility index (Phi) is 4.59. The largest absolute Gasteiger partial charge is 0.488 e. The number of nitrogens with one attached hydrogen (secondary N) is 1. The molecule has 2 aliphatic heterocycles. The first-order valence-corrected chi connectivity index (χ1v) is 7.56. The molecule has 2 saturated heterocycles. The minimum atomic E-state index is -0.303. The number of ether oxygens (including phenoxy) is 3. The Hall–Kier alpha value is -1.66. The van der Waals surface area contributed by atoms with Crippen molar-refractivity contribution in [2.45, 2.75) is 38.0 Å². The molecule has 1 aromatic rings. The summed E-state index contributed by atoms with van der Waals surface area (Å²) in [4.78, 5) is 11.0. The summed E-state index contributed by atoms with van der Waals surface area (Å²) in [5.41, 5.74) is 0.765. The standard InChI is InChI=1S/C16H20FNO4/c1-10(19)21-13-7-15(18-8-13)14-6-11(17)2-3-16(14)22-12-4-5-20-9-12/h2-3,6,12-13,15,18H,4-5,7-9H2,1H3. The Morgan fingerprint density at radius 2 is 2.27 bits per heavy atom. The van der Waals surface area contributed by atoms with Crippen LogP contribution in [0.2, 0.25) is 0 Å². The van der Waals surface area contributed by atoms with E-state index in [1.54, 1.807) is 6.07 Å². The maximum Gasteiger partial charge on any atom is 0.302 e. The molecule has 6 heteroatoms. The lowest BCUT2D eigenvalue weighted by Crippen LogP contribution is -2.20. The Morgan fingerprint density at radius 3 is 3.00 bits per heavy atom. The fourth-order valence-corrected chi connectivity index (χ4v) is 2.95. The van der Waals surface area contributed by atoms with Crippen LogP contribution in [0.25, 0.3) is 0 Å². The molecule has 2 aliphatic rings. The fourth-order valence-electron chi connectivity index (χ4n) is 2.95. The van der Waals surface area contributed by atoms with Crippen LogP contribution in [0.5, 0.6) is 5.75 Å². The second-order valence-corrected chi connectivity index (χ2v) is 5.71. The van der Waals surface area contributed by atoms with Gasteiger partial charge in [0.1, 0.15) is 23.8 Å². The fraction of sp³-hybridized carbons (Fsp3) is 0.562. The first-order valence-electron chi connectivity index (χ1n) is 7.56. The number of esters is 1. The molecule has 0 spiro atoms. The first-order chi connectivity index (χ1) is 10.6. The number of benzene rings is 1. The highest BCUT2D eigenvalue weighted by atomic mass is 19.1. The summed E-state index contributed by atoms with van der Waals surface area (Å²) in [6, 6.07) is 4.45. The molecule has 3 atom stereocenters. The zero-order valence-electron chi connectivity index (χ0n) is 12.5. The van der Waals surface area contributed by atoms with Crippen molar-refractivity contribution in [2.24, 2.45) is 0 Å². The molecule has 2 heterocycles. The Bertz CT molecular complexity index is 545. The van der Waals surface area contributed by atoms with Crippen molar-refractivity contribution in [2.75, 3.05) is 19.8 Å². The molecule has 5 nitrogen and oxygen atoms in total. The van der Waals surface area contributed by atoms with E-state index in [1.807, 2.05) is 0 Å². The Labute approximate surface area is 128 Å². The summed E-state index contributed by atoms with van der Waals surface area (Å²) in [6.45, 7) is 3.21. The van der Waals surface area contributed by atoms with Crippen molar-refractivity contribution in [3.8, 4) is 5.75 Å². The number of halogens is 1. The summed E-state index contributed by atoms with van der Waals surface area (Å²) >= 11 is 0. The van der Waals surface area contributed by atoms with Crippen LogP contribution in [0.15, 0.2) is 18.2 Å². The van der Waals surface area contributed by atoms with Gasteiger partial charge in [-0.05, 0) is 18.2 Å². The van der Waals surface area contributed by atoms with Crippen LogP contribution in [-0.4, -0.2) is 37.9 Å². The van der Waals surface area contributed by atoms with Crippen LogP contribution in [0, 0.1) is 5.82 Å². The molecular formula is C16H20FNO4. The van der Waals surface area contributed by atoms with Gasteiger partial charge < -0.3 is 19.5 Å². The second-order valence-electron chi connectivity index (χ2n) is 5.71. The lowest BCUT2D eigenvalue weighted by molar-refractivity contribution is -0.145. The highest BCUT2D eigenvalue weighted by Crippen LogP contribution is 2.33. The maximum atomic E-state index is 13.6. The molecule has 0 aromatic heterocycles. The van der Waals surface area contributed by atoms with Crippen molar-refractivity contribution in [1.29, 1.82) is 0 Å². The van der Waals surface area contributed by atoms with Crippen LogP contribution >= 0.6 is 0 Å². The SMILES string of the molecule is CC(=O)OC1CNC(c2cc(F)ccc2OC2CCOC2)C1. The smallest absolute Gasteiger partial charge is 0.302 e. The lowest BCUT2D eigenvalue weighted by atomic mass is 10.0. The Morgan fingerprint density at radius 1 is 1.41 bits per heavy atom. The van der Waals surface area contributed by atoms with Crippen LogP contribution in [0.3, 0.4) is 0 Å². The van der Waals surface area contributed by atoms with Gasteiger partial charge in [-0.2, -0.15) is 0 Å². The van der Waals surface area contributed by atoms with Crippen LogP contribution in [-0.2, 0) is 14.3 Å². The molecule has 0 saturated carbocycles. The molecule has 0 bridgehead atoms. The van der Waals surface area contributed by atoms with Crippen molar-refractivity contribution in [3.63, 3.8) is 0 Å². The van der Waals surface area contributed by atoms with Crippen molar-refractivity contribution < 1.29 is 23.4 Å². The van der Waals surface area contributed by atoms with Gasteiger partial charge in [-0.25, -0.2) is 4.39 Å². The predicted octanol–water partition coefficient (Wildman–Crippen LogP) is 1.96. The number of hydrogen-bond acceptors (Lipinski definition) is 5. The minimum absolute atomic E-state index is 0.00915. The van der Waals surface area contributed by atoms with Gasteiger partial charge >= 0.3 is 5.97 Å². The molecular weight excluding hydrogens is 289 g/mol. The minimum Gasteiger partial charge on any atom is -0.488 e. The van der Waals surface area contributed by atoms with Crippen molar-refractivity contribution in [3.05, 3.63) is 29.6 Å². The molecule has 120 valence electrons. The first kappa shape index (κ1) is 15.2. The summed E-state index contributed by atoms with van der Waals surface area (Å²) in [5.74, 6) is 0.0619. The van der Waals surface area contributed by atoms with E-state index in [4.69, 9.17) is 14.2 Å². The number of hydrogen-bond donors (Lipinski definition) is 1. The Balaban J connectivity index is 1.74. The molecule has 0 aliphatic carbocycles. The van der Waals surface area contributed by atoms with E-state index in [1.165, 1.54) is 19.1 Å². The summed E-state index contributed by atoms with van der Waals surface area (Å²) < 4.78 is 30.1. The van der Waals surface area contributed by atoms with Crippen LogP contribution in [0.1, 0.15) is 31.4 Å². The average Bonchev–Trinajstić information content (AvgIpc) is 3.12. The maximum absolute atomic E-state index is 13.6. The third-order valence-corrected chi connectivity index (χ3v) is 3.95. The third kappa shape index (κ3) is 3.56. The van der Waals surface area contributed by atoms with E-state index >= 15 is 0 Å². The number of rotatable bonds is 4. The molecule has 0 amide bonds. The zero-order chi connectivity index (χ0) is 15.5. The van der Waals surface area contributed by atoms with E-state index < -0.39 is 0 Å². The van der Waals surface area contributed by atoms with E-state index in [0.29, 0.717) is 31.9 Å². The van der Waals surface area contributed by atoms with Crippen LogP contribution < -0.4 is 10.1 Å². The van der Waals surface area contributed by atoms with Crippen LogP contribution in [0.4, 0.5) is 4.39 Å². The van der Waals surface area contributed by atoms with Gasteiger partial charge in [-0.3, -0.25) is 4.79 Å². The van der Waals surface area contributed by atoms with Gasteiger partial charge in [0.15, 0.2) is 0 Å². The lowest BCUT2D eigenvalue weighted by Gasteiger charge is -2.19. The molecule has 0 radical (unpaired) electrons. The average molecular weight is 309 g/mol. The highest BCUT2D eigenvalue weighted by molar-refractivity contribution is 5.66. The van der Waals surface area contributed by atoms with Gasteiger partial charge in [0.25, 0.3) is 0 Å². The highest BCUT2D eigenvalue weighted by Gasteiger charge is 2.30. The second kappa shape index (κ2) is 6.62. The van der Waals surface area contributed by atoms with Gasteiger partial charge in [0, 0.05) is 37.9 Å². The summed E-state index contributed by atoms with van der Waals surface area (Å²) in [7, 11) is 0. The van der Waals surface area contributed by atoms with Gasteiger partial charge in [0.2, 0.25) is 0 Å². The third-order valence-electron chi connectivity index (χ3n) is 3.95. The summed E-state index contributed by atoms with van der Waals surface area (Å²) in [6.07, 6.45) is 1.27. The molecule has 1 aromatic carbocycles. The van der Waals surface area contributed by atoms with Crippen molar-refractivity contribution >= 4 is 5.97 Å². The topological polar surface area (TPSA) is 56.8 Å². The molecule has 3 unspecified atom stereocenters. The normalized spacial score (nSPS) is 27.8. The van der Waals surface area contributed by atoms with E-state index in [-0.39, 0.29) is 30.0 Å². The monoisotopic (exact) mass is 309 g/mol. The summed E-state index contributed by atoms with van der Waals surface area (Å²) in [5, 5.41) is 3.27. The van der Waals surface area contributed by atoms with E-state index in [9.17, 15) is 9.18 Å². The molecule has 22 heavy (non-hydrogen) atoms. The quantitative estimate of drug-likeness (QED) is 0.862. The van der Waals surface area contributed by atoms with E-state index in [0.717, 1.165) is 12.0 Å². The number of carbonyl (C=O) groups is 1. The van der Waals surface area contributed by atoms with E-state index in [2.05, 4.69) is 5.32 Å². The zero-order valence-corrected chi connectivity index (χ0v) is 12.5.